The second kappa shape index (κ2) is 9.02. The van der Waals surface area contributed by atoms with Gasteiger partial charge in [-0.05, 0) is 48.9 Å². The molecule has 0 spiro atoms. The lowest BCUT2D eigenvalue weighted by Crippen LogP contribution is -2.55. The third kappa shape index (κ3) is 4.07. The van der Waals surface area contributed by atoms with Crippen molar-refractivity contribution in [3.05, 3.63) is 59.7 Å². The van der Waals surface area contributed by atoms with Crippen LogP contribution >= 0.6 is 0 Å². The quantitative estimate of drug-likeness (QED) is 0.746. The third-order valence-electron chi connectivity index (χ3n) is 6.64. The molecule has 32 heavy (non-hydrogen) atoms. The summed E-state index contributed by atoms with van der Waals surface area (Å²) in [6, 6.07) is 14.9. The summed E-state index contributed by atoms with van der Waals surface area (Å²) in [5.41, 5.74) is 4.53. The summed E-state index contributed by atoms with van der Waals surface area (Å²) in [7, 11) is 0. The van der Waals surface area contributed by atoms with Crippen molar-refractivity contribution in [1.82, 2.24) is 10.2 Å². The molecule has 7 heteroatoms. The van der Waals surface area contributed by atoms with Gasteiger partial charge in [0.05, 0.1) is 5.92 Å². The normalized spacial score (nSPS) is 20.8. The third-order valence-corrected chi connectivity index (χ3v) is 6.64. The highest BCUT2D eigenvalue weighted by molar-refractivity contribution is 5.86. The molecule has 168 valence electrons. The van der Waals surface area contributed by atoms with Gasteiger partial charge >= 0.3 is 12.1 Å². The van der Waals surface area contributed by atoms with Crippen LogP contribution in [0.4, 0.5) is 4.79 Å². The van der Waals surface area contributed by atoms with E-state index in [0.29, 0.717) is 19.4 Å². The molecule has 1 aliphatic carbocycles. The number of nitrogens with one attached hydrogen (secondary N) is 1. The molecule has 0 bridgehead atoms. The van der Waals surface area contributed by atoms with Gasteiger partial charge in [0.2, 0.25) is 5.91 Å². The number of nitrogens with zero attached hydrogens (tertiary/aromatic N) is 1. The number of fused-ring (bicyclic) bond motifs is 3. The number of ether oxygens (including phenoxy) is 1. The molecule has 3 atom stereocenters. The molecule has 1 fully saturated rings. The van der Waals surface area contributed by atoms with E-state index in [9.17, 15) is 19.5 Å². The Bertz CT molecular complexity index is 991. The Kier molecular flexibility index (Phi) is 6.17. The van der Waals surface area contributed by atoms with E-state index in [0.717, 1.165) is 22.3 Å². The molecule has 2 aliphatic rings. The van der Waals surface area contributed by atoms with Crippen molar-refractivity contribution in [2.45, 2.75) is 44.7 Å². The second-order valence-corrected chi connectivity index (χ2v) is 8.55. The van der Waals surface area contributed by atoms with Crippen molar-refractivity contribution in [1.29, 1.82) is 0 Å². The molecule has 0 saturated carbocycles. The topological polar surface area (TPSA) is 95.9 Å². The molecule has 1 saturated heterocycles. The first-order valence-electron chi connectivity index (χ1n) is 11.0. The Labute approximate surface area is 187 Å². The van der Waals surface area contributed by atoms with Crippen molar-refractivity contribution >= 4 is 18.0 Å². The zero-order valence-electron chi connectivity index (χ0n) is 18.3. The van der Waals surface area contributed by atoms with E-state index in [2.05, 4.69) is 17.4 Å². The fourth-order valence-electron chi connectivity index (χ4n) is 4.91. The van der Waals surface area contributed by atoms with Crippen LogP contribution in [-0.4, -0.2) is 53.2 Å². The molecule has 2 amide bonds. The number of hydrogen-bond acceptors (Lipinski definition) is 4. The summed E-state index contributed by atoms with van der Waals surface area (Å²) in [6.45, 7) is 4.00. The standard InChI is InChI=1S/C25H28N2O5/c1-15(23(28)27-13-7-12-17(16(27)2)24(29)30)26-25(31)32-14-22-20-10-5-3-8-18(20)19-9-4-6-11-21(19)22/h3-6,8-11,15-17,22H,7,12-14H2,1-2H3,(H,26,31)(H,29,30)/t15-,16?,17?/m0/s1. The number of hydrogen-bond donors (Lipinski definition) is 2. The maximum atomic E-state index is 12.9. The molecule has 7 nitrogen and oxygen atoms in total. The number of amides is 2. The summed E-state index contributed by atoms with van der Waals surface area (Å²) < 4.78 is 5.52. The van der Waals surface area contributed by atoms with Gasteiger partial charge in [0.1, 0.15) is 12.6 Å². The van der Waals surface area contributed by atoms with Crippen molar-refractivity contribution in [2.75, 3.05) is 13.2 Å². The lowest BCUT2D eigenvalue weighted by atomic mass is 9.90. The van der Waals surface area contributed by atoms with Crippen LogP contribution in [0, 0.1) is 5.92 Å². The van der Waals surface area contributed by atoms with E-state index >= 15 is 0 Å². The number of carbonyl (C=O) groups is 3. The number of likely N-dealkylation sites (tertiary alicyclic amines) is 1. The Morgan fingerprint density at radius 2 is 1.69 bits per heavy atom. The number of benzene rings is 2. The van der Waals surface area contributed by atoms with Crippen molar-refractivity contribution < 1.29 is 24.2 Å². The monoisotopic (exact) mass is 436 g/mol. The minimum atomic E-state index is -0.896. The van der Waals surface area contributed by atoms with E-state index in [4.69, 9.17) is 4.74 Å². The minimum Gasteiger partial charge on any atom is -0.481 e. The lowest BCUT2D eigenvalue weighted by Gasteiger charge is -2.38. The van der Waals surface area contributed by atoms with Crippen LogP contribution in [0.1, 0.15) is 43.7 Å². The molecule has 0 aromatic heterocycles. The Morgan fingerprint density at radius 3 is 2.28 bits per heavy atom. The smallest absolute Gasteiger partial charge is 0.407 e. The zero-order valence-corrected chi connectivity index (χ0v) is 18.3. The molecular formula is C25H28N2O5. The molecule has 2 aromatic carbocycles. The predicted molar refractivity (Wildman–Crippen MR) is 119 cm³/mol. The highest BCUT2D eigenvalue weighted by Crippen LogP contribution is 2.44. The Balaban J connectivity index is 1.37. The molecule has 4 rings (SSSR count). The molecular weight excluding hydrogens is 408 g/mol. The average Bonchev–Trinajstić information content (AvgIpc) is 3.11. The van der Waals surface area contributed by atoms with Crippen LogP contribution in [0.5, 0.6) is 0 Å². The average molecular weight is 437 g/mol. The van der Waals surface area contributed by atoms with Crippen molar-refractivity contribution in [2.24, 2.45) is 5.92 Å². The fourth-order valence-corrected chi connectivity index (χ4v) is 4.91. The van der Waals surface area contributed by atoms with Gasteiger partial charge in [-0.25, -0.2) is 4.79 Å². The Hall–Kier alpha value is -3.35. The van der Waals surface area contributed by atoms with Crippen LogP contribution in [0.15, 0.2) is 48.5 Å². The first-order chi connectivity index (χ1) is 15.4. The highest BCUT2D eigenvalue weighted by atomic mass is 16.5. The first-order valence-corrected chi connectivity index (χ1v) is 11.0. The van der Waals surface area contributed by atoms with Crippen LogP contribution < -0.4 is 5.32 Å². The highest BCUT2D eigenvalue weighted by Gasteiger charge is 2.37. The predicted octanol–water partition coefficient (Wildman–Crippen LogP) is 3.63. The minimum absolute atomic E-state index is 0.0578. The molecule has 2 N–H and O–H groups in total. The number of alkyl carbamates (subject to hydrolysis) is 1. The summed E-state index contributed by atoms with van der Waals surface area (Å²) in [6.07, 6.45) is 0.520. The van der Waals surface area contributed by atoms with Crippen LogP contribution in [0.2, 0.25) is 0 Å². The van der Waals surface area contributed by atoms with Gasteiger partial charge in [0.15, 0.2) is 0 Å². The number of carbonyl (C=O) groups excluding carboxylic acids is 2. The van der Waals surface area contributed by atoms with E-state index in [1.165, 1.54) is 0 Å². The summed E-state index contributed by atoms with van der Waals surface area (Å²) >= 11 is 0. The molecule has 1 aliphatic heterocycles. The molecule has 0 radical (unpaired) electrons. The van der Waals surface area contributed by atoms with Gasteiger partial charge in [-0.15, -0.1) is 0 Å². The van der Waals surface area contributed by atoms with Crippen molar-refractivity contribution in [3.63, 3.8) is 0 Å². The van der Waals surface area contributed by atoms with Gasteiger partial charge in [-0.1, -0.05) is 48.5 Å². The van der Waals surface area contributed by atoms with Gasteiger partial charge < -0.3 is 20.1 Å². The number of aliphatic carboxylic acids is 1. The summed E-state index contributed by atoms with van der Waals surface area (Å²) in [5, 5.41) is 12.0. The maximum Gasteiger partial charge on any atom is 0.407 e. The lowest BCUT2D eigenvalue weighted by molar-refractivity contribution is -0.149. The molecule has 2 unspecified atom stereocenters. The largest absolute Gasteiger partial charge is 0.481 e. The van der Waals surface area contributed by atoms with Gasteiger partial charge in [0.25, 0.3) is 0 Å². The summed E-state index contributed by atoms with van der Waals surface area (Å²) in [4.78, 5) is 38.3. The van der Waals surface area contributed by atoms with Gasteiger partial charge in [-0.2, -0.15) is 0 Å². The van der Waals surface area contributed by atoms with E-state index in [1.807, 2.05) is 36.4 Å². The number of piperidine rings is 1. The Morgan fingerprint density at radius 1 is 1.09 bits per heavy atom. The first kappa shape index (κ1) is 21.9. The van der Waals surface area contributed by atoms with Crippen LogP contribution in [0.25, 0.3) is 11.1 Å². The van der Waals surface area contributed by atoms with Gasteiger partial charge in [0, 0.05) is 18.5 Å². The number of carboxylic acids is 1. The molecule has 2 aromatic rings. The maximum absolute atomic E-state index is 12.9. The van der Waals surface area contributed by atoms with Crippen LogP contribution in [-0.2, 0) is 14.3 Å². The van der Waals surface area contributed by atoms with E-state index < -0.39 is 30.1 Å². The van der Waals surface area contributed by atoms with E-state index in [1.54, 1.807) is 18.7 Å². The van der Waals surface area contributed by atoms with E-state index in [-0.39, 0.29) is 18.4 Å². The zero-order chi connectivity index (χ0) is 22.8. The number of rotatable bonds is 5. The van der Waals surface area contributed by atoms with Crippen molar-refractivity contribution in [3.8, 4) is 11.1 Å². The summed E-state index contributed by atoms with van der Waals surface area (Å²) in [5.74, 6) is -1.84. The molecule has 1 heterocycles. The van der Waals surface area contributed by atoms with Gasteiger partial charge in [-0.3, -0.25) is 9.59 Å². The SMILES string of the molecule is CC1C(C(=O)O)CCCN1C(=O)[C@H](C)NC(=O)OCC1c2ccccc2-c2ccccc21. The second-order valence-electron chi connectivity index (χ2n) is 8.55. The van der Waals surface area contributed by atoms with Crippen LogP contribution in [0.3, 0.4) is 0 Å². The number of carboxylic acid groups (broad SMARTS) is 1. The fraction of sp³-hybridized carbons (Fsp3) is 0.400.